The van der Waals surface area contributed by atoms with Crippen molar-refractivity contribution in [3.63, 3.8) is 0 Å². The number of amidine groups is 1. The molecule has 1 saturated carbocycles. The predicted molar refractivity (Wildman–Crippen MR) is 81.8 cm³/mol. The van der Waals surface area contributed by atoms with Crippen molar-refractivity contribution in [1.29, 1.82) is 0 Å². The summed E-state index contributed by atoms with van der Waals surface area (Å²) in [5.74, 6) is 0.977. The molecule has 0 radical (unpaired) electrons. The number of hydrogen-bond donors (Lipinski definition) is 1. The van der Waals surface area contributed by atoms with Crippen LogP contribution in [0.3, 0.4) is 0 Å². The van der Waals surface area contributed by atoms with Crippen LogP contribution in [0.15, 0.2) is 4.99 Å². The maximum atomic E-state index is 4.74. The van der Waals surface area contributed by atoms with Gasteiger partial charge in [-0.25, -0.2) is 0 Å². The number of rotatable bonds is 2. The lowest BCUT2D eigenvalue weighted by atomic mass is 9.82. The lowest BCUT2D eigenvalue weighted by Crippen LogP contribution is -2.55. The average molecular weight is 279 g/mol. The van der Waals surface area contributed by atoms with Crippen molar-refractivity contribution in [3.8, 4) is 0 Å². The molecular formula is C15H25N3S. The highest BCUT2D eigenvalue weighted by molar-refractivity contribution is 8.14. The highest BCUT2D eigenvalue weighted by Gasteiger charge is 2.38. The van der Waals surface area contributed by atoms with Crippen LogP contribution >= 0.6 is 11.8 Å². The maximum Gasteiger partial charge on any atom is 0.157 e. The van der Waals surface area contributed by atoms with E-state index in [1.54, 1.807) is 0 Å². The van der Waals surface area contributed by atoms with Gasteiger partial charge in [0.25, 0.3) is 0 Å². The van der Waals surface area contributed by atoms with Crippen molar-refractivity contribution >= 4 is 16.9 Å². The minimum Gasteiger partial charge on any atom is -0.362 e. The Balaban J connectivity index is 1.33. The van der Waals surface area contributed by atoms with Gasteiger partial charge < -0.3 is 10.2 Å². The Hall–Kier alpha value is -0.220. The highest BCUT2D eigenvalue weighted by atomic mass is 32.2. The number of nitrogens with zero attached hydrogens (tertiary/aromatic N) is 2. The van der Waals surface area contributed by atoms with Crippen LogP contribution in [0.25, 0.3) is 0 Å². The third kappa shape index (κ3) is 2.54. The number of aliphatic imine (C=N–C) groups is 1. The summed E-state index contributed by atoms with van der Waals surface area (Å²) < 4.78 is 0. The van der Waals surface area contributed by atoms with E-state index in [1.807, 2.05) is 11.8 Å². The summed E-state index contributed by atoms with van der Waals surface area (Å²) in [7, 11) is 2.33. The fraction of sp³-hybridized carbons (Fsp3) is 0.933. The molecule has 19 heavy (non-hydrogen) atoms. The van der Waals surface area contributed by atoms with Crippen LogP contribution < -0.4 is 5.32 Å². The first-order valence-electron chi connectivity index (χ1n) is 7.99. The summed E-state index contributed by atoms with van der Waals surface area (Å²) in [5.41, 5.74) is 0. The lowest BCUT2D eigenvalue weighted by molar-refractivity contribution is 0.0530. The quantitative estimate of drug-likeness (QED) is 0.841. The summed E-state index contributed by atoms with van der Waals surface area (Å²) in [6.45, 7) is 1.07. The fourth-order valence-corrected chi connectivity index (χ4v) is 5.38. The van der Waals surface area contributed by atoms with E-state index < -0.39 is 0 Å². The van der Waals surface area contributed by atoms with Gasteiger partial charge in [0, 0.05) is 23.4 Å². The SMILES string of the molecule is CN1C2CCCC1CC(NC1=NCC(C3CC3)S1)C2. The van der Waals surface area contributed by atoms with Crippen LogP contribution in [0.1, 0.15) is 44.9 Å². The topological polar surface area (TPSA) is 27.6 Å². The van der Waals surface area contributed by atoms with Gasteiger partial charge in [-0.3, -0.25) is 4.99 Å². The summed E-state index contributed by atoms with van der Waals surface area (Å²) in [6, 6.07) is 2.31. The number of thioether (sulfide) groups is 1. The van der Waals surface area contributed by atoms with Crippen LogP contribution in [0, 0.1) is 5.92 Å². The fourth-order valence-electron chi connectivity index (χ4n) is 4.09. The monoisotopic (exact) mass is 279 g/mol. The molecule has 106 valence electrons. The molecule has 0 amide bonds. The second-order valence-electron chi connectivity index (χ2n) is 6.86. The molecule has 3 unspecified atom stereocenters. The Morgan fingerprint density at radius 1 is 1.16 bits per heavy atom. The van der Waals surface area contributed by atoms with Gasteiger partial charge >= 0.3 is 0 Å². The molecule has 4 aliphatic rings. The predicted octanol–water partition coefficient (Wildman–Crippen LogP) is 2.47. The first-order chi connectivity index (χ1) is 9.29. The summed E-state index contributed by atoms with van der Waals surface area (Å²) in [4.78, 5) is 7.38. The van der Waals surface area contributed by atoms with Crippen molar-refractivity contribution in [2.75, 3.05) is 13.6 Å². The van der Waals surface area contributed by atoms with E-state index in [4.69, 9.17) is 4.99 Å². The zero-order valence-electron chi connectivity index (χ0n) is 11.8. The molecule has 3 heterocycles. The van der Waals surface area contributed by atoms with Gasteiger partial charge in [-0.2, -0.15) is 0 Å². The van der Waals surface area contributed by atoms with Gasteiger partial charge in [-0.1, -0.05) is 18.2 Å². The van der Waals surface area contributed by atoms with Crippen molar-refractivity contribution in [1.82, 2.24) is 10.2 Å². The van der Waals surface area contributed by atoms with E-state index >= 15 is 0 Å². The van der Waals surface area contributed by atoms with Gasteiger partial charge in [-0.05, 0) is 51.5 Å². The number of hydrogen-bond acceptors (Lipinski definition) is 4. The van der Waals surface area contributed by atoms with E-state index in [9.17, 15) is 0 Å². The van der Waals surface area contributed by atoms with Gasteiger partial charge in [0.15, 0.2) is 5.17 Å². The van der Waals surface area contributed by atoms with E-state index in [1.165, 1.54) is 50.1 Å². The highest BCUT2D eigenvalue weighted by Crippen LogP contribution is 2.42. The molecule has 4 heteroatoms. The van der Waals surface area contributed by atoms with Crippen LogP contribution in [0.5, 0.6) is 0 Å². The summed E-state index contributed by atoms with van der Waals surface area (Å²) in [6.07, 6.45) is 9.76. The molecule has 4 rings (SSSR count). The zero-order chi connectivity index (χ0) is 12.8. The average Bonchev–Trinajstić information content (AvgIpc) is 3.12. The third-order valence-corrected chi connectivity index (χ3v) is 6.80. The Morgan fingerprint density at radius 3 is 2.58 bits per heavy atom. The number of nitrogens with one attached hydrogen (secondary N) is 1. The molecule has 2 bridgehead atoms. The van der Waals surface area contributed by atoms with Crippen molar-refractivity contribution in [2.24, 2.45) is 10.9 Å². The Labute approximate surface area is 120 Å². The second-order valence-corrected chi connectivity index (χ2v) is 8.08. The second kappa shape index (κ2) is 4.96. The van der Waals surface area contributed by atoms with Gasteiger partial charge in [-0.15, -0.1) is 0 Å². The number of piperidine rings is 2. The van der Waals surface area contributed by atoms with E-state index in [-0.39, 0.29) is 0 Å². The minimum atomic E-state index is 0.677. The first-order valence-corrected chi connectivity index (χ1v) is 8.87. The molecule has 2 saturated heterocycles. The van der Waals surface area contributed by atoms with Crippen LogP contribution in [0.2, 0.25) is 0 Å². The van der Waals surface area contributed by atoms with Crippen molar-refractivity contribution in [3.05, 3.63) is 0 Å². The molecular weight excluding hydrogens is 254 g/mol. The molecule has 3 aliphatic heterocycles. The van der Waals surface area contributed by atoms with Crippen LogP contribution in [-0.2, 0) is 0 Å². The molecule has 0 aromatic heterocycles. The van der Waals surface area contributed by atoms with E-state index in [0.29, 0.717) is 6.04 Å². The van der Waals surface area contributed by atoms with Crippen LogP contribution in [0.4, 0.5) is 0 Å². The zero-order valence-corrected chi connectivity index (χ0v) is 12.7. The summed E-state index contributed by atoms with van der Waals surface area (Å²) in [5, 5.41) is 5.82. The molecule has 3 atom stereocenters. The van der Waals surface area contributed by atoms with Gasteiger partial charge in [0.1, 0.15) is 0 Å². The maximum absolute atomic E-state index is 4.74. The Kier molecular flexibility index (Phi) is 3.27. The molecule has 1 N–H and O–H groups in total. The lowest BCUT2D eigenvalue weighted by Gasteiger charge is -2.47. The Morgan fingerprint density at radius 2 is 1.89 bits per heavy atom. The Bertz CT molecular complexity index is 366. The van der Waals surface area contributed by atoms with Gasteiger partial charge in [0.05, 0.1) is 6.54 Å². The molecule has 1 aliphatic carbocycles. The van der Waals surface area contributed by atoms with Crippen molar-refractivity contribution < 1.29 is 0 Å². The van der Waals surface area contributed by atoms with Crippen LogP contribution in [-0.4, -0.2) is 47.0 Å². The van der Waals surface area contributed by atoms with Gasteiger partial charge in [0.2, 0.25) is 0 Å². The largest absolute Gasteiger partial charge is 0.362 e. The molecule has 0 aromatic carbocycles. The molecule has 0 spiro atoms. The van der Waals surface area contributed by atoms with E-state index in [0.717, 1.165) is 29.8 Å². The molecule has 3 fully saturated rings. The summed E-state index contributed by atoms with van der Waals surface area (Å²) >= 11 is 2.03. The molecule has 0 aromatic rings. The minimum absolute atomic E-state index is 0.677. The standard InChI is InChI=1S/C15H25N3S/c1-18-12-3-2-4-13(18)8-11(7-12)17-15-16-9-14(19-15)10-5-6-10/h10-14H,2-9H2,1H3,(H,16,17). The first kappa shape index (κ1) is 12.5. The third-order valence-electron chi connectivity index (χ3n) is 5.49. The number of fused-ring (bicyclic) bond motifs is 2. The van der Waals surface area contributed by atoms with E-state index in [2.05, 4.69) is 17.3 Å². The normalized spacial score (nSPS) is 43.1. The molecule has 3 nitrogen and oxygen atoms in total. The smallest absolute Gasteiger partial charge is 0.157 e. The van der Waals surface area contributed by atoms with Crippen molar-refractivity contribution in [2.45, 2.75) is 68.3 Å².